The Morgan fingerprint density at radius 3 is 2.18 bits per heavy atom. The average Bonchev–Trinajstić information content (AvgIpc) is 3.11. The molecule has 0 saturated carbocycles. The van der Waals surface area contributed by atoms with Crippen molar-refractivity contribution in [2.75, 3.05) is 6.61 Å². The number of aliphatic hydroxyl groups is 2. The van der Waals surface area contributed by atoms with Crippen LogP contribution in [0.3, 0.4) is 0 Å². The number of ether oxygens (including phenoxy) is 1. The van der Waals surface area contributed by atoms with E-state index in [4.69, 9.17) is 4.74 Å². The third-order valence-corrected chi connectivity index (χ3v) is 6.30. The Hall–Kier alpha value is -2.72. The quantitative estimate of drug-likeness (QED) is 0.343. The normalized spacial score (nSPS) is 22.9. The van der Waals surface area contributed by atoms with Crippen LogP contribution in [0.1, 0.15) is 18.1 Å². The van der Waals surface area contributed by atoms with Gasteiger partial charge in [0.05, 0.1) is 18.8 Å². The van der Waals surface area contributed by atoms with Gasteiger partial charge in [-0.15, -0.1) is 0 Å². The van der Waals surface area contributed by atoms with Crippen LogP contribution in [-0.2, 0) is 4.74 Å². The van der Waals surface area contributed by atoms with Gasteiger partial charge in [0.1, 0.15) is 6.10 Å². The summed E-state index contributed by atoms with van der Waals surface area (Å²) in [6.45, 7) is -0.165. The molecule has 1 unspecified atom stereocenters. The molecule has 138 valence electrons. The standard InChI is InChI=1S/C25H20O3/c26-13-22-20(27)12-21(28-22)24-17-7-2-1-6-16(17)18-10-8-14-4-3-5-15-9-11-19(24)25(18)23(14)15/h1-11,20-22,26-27H,12-13H2/t20-,21?,22+/m0/s1. The molecule has 2 N–H and O–H groups in total. The van der Waals surface area contributed by atoms with Crippen molar-refractivity contribution in [2.45, 2.75) is 24.7 Å². The van der Waals surface area contributed by atoms with Crippen LogP contribution in [-0.4, -0.2) is 29.0 Å². The minimum absolute atomic E-state index is 0.165. The van der Waals surface area contributed by atoms with Crippen LogP contribution < -0.4 is 0 Å². The second kappa shape index (κ2) is 5.89. The first-order valence-electron chi connectivity index (χ1n) is 9.79. The molecule has 1 heterocycles. The number of rotatable bonds is 2. The fourth-order valence-electron chi connectivity index (χ4n) is 5.06. The predicted octanol–water partition coefficient (Wildman–Crippen LogP) is 4.92. The first-order valence-corrected chi connectivity index (χ1v) is 9.79. The van der Waals surface area contributed by atoms with Gasteiger partial charge in [0, 0.05) is 6.42 Å². The highest BCUT2D eigenvalue weighted by Crippen LogP contribution is 2.46. The van der Waals surface area contributed by atoms with Gasteiger partial charge in [0.2, 0.25) is 0 Å². The zero-order valence-corrected chi connectivity index (χ0v) is 15.3. The van der Waals surface area contributed by atoms with E-state index in [-0.39, 0.29) is 12.7 Å². The van der Waals surface area contributed by atoms with Crippen molar-refractivity contribution in [3.05, 3.63) is 72.3 Å². The number of benzene rings is 5. The minimum atomic E-state index is -0.646. The first kappa shape index (κ1) is 16.3. The Bertz CT molecular complexity index is 1320. The smallest absolute Gasteiger partial charge is 0.107 e. The summed E-state index contributed by atoms with van der Waals surface area (Å²) in [4.78, 5) is 0. The van der Waals surface area contributed by atoms with E-state index in [2.05, 4.69) is 66.7 Å². The van der Waals surface area contributed by atoms with Crippen LogP contribution in [0.4, 0.5) is 0 Å². The lowest BCUT2D eigenvalue weighted by Gasteiger charge is -2.21. The summed E-state index contributed by atoms with van der Waals surface area (Å²) in [6.07, 6.45) is -0.907. The molecule has 1 fully saturated rings. The van der Waals surface area contributed by atoms with Gasteiger partial charge in [-0.05, 0) is 48.7 Å². The predicted molar refractivity (Wildman–Crippen MR) is 113 cm³/mol. The average molecular weight is 368 g/mol. The highest BCUT2D eigenvalue weighted by Gasteiger charge is 2.36. The van der Waals surface area contributed by atoms with Crippen LogP contribution >= 0.6 is 0 Å². The highest BCUT2D eigenvalue weighted by atomic mass is 16.5. The number of aliphatic hydroxyl groups excluding tert-OH is 2. The molecule has 6 rings (SSSR count). The van der Waals surface area contributed by atoms with Crippen LogP contribution in [0.25, 0.3) is 43.1 Å². The van der Waals surface area contributed by atoms with E-state index in [9.17, 15) is 10.2 Å². The van der Waals surface area contributed by atoms with Crippen LogP contribution in [0, 0.1) is 0 Å². The van der Waals surface area contributed by atoms with E-state index >= 15 is 0 Å². The summed E-state index contributed by atoms with van der Waals surface area (Å²) in [7, 11) is 0. The molecule has 5 aromatic rings. The number of hydrogen-bond acceptors (Lipinski definition) is 3. The molecule has 0 radical (unpaired) electrons. The number of hydrogen-bond donors (Lipinski definition) is 2. The molecule has 1 aliphatic heterocycles. The summed E-state index contributed by atoms with van der Waals surface area (Å²) < 4.78 is 6.11. The number of fused-ring (bicyclic) bond motifs is 2. The Balaban J connectivity index is 1.79. The summed E-state index contributed by atoms with van der Waals surface area (Å²) in [5, 5.41) is 29.7. The van der Waals surface area contributed by atoms with Gasteiger partial charge in [-0.2, -0.15) is 0 Å². The van der Waals surface area contributed by atoms with Gasteiger partial charge < -0.3 is 14.9 Å². The van der Waals surface area contributed by atoms with E-state index < -0.39 is 12.2 Å². The Morgan fingerprint density at radius 2 is 1.46 bits per heavy atom. The molecule has 28 heavy (non-hydrogen) atoms. The zero-order valence-electron chi connectivity index (χ0n) is 15.3. The lowest BCUT2D eigenvalue weighted by molar-refractivity contribution is -0.0218. The summed E-state index contributed by atoms with van der Waals surface area (Å²) in [6, 6.07) is 23.6. The molecule has 3 heteroatoms. The van der Waals surface area contributed by atoms with Crippen molar-refractivity contribution >= 4 is 43.1 Å². The van der Waals surface area contributed by atoms with Gasteiger partial charge in [-0.3, -0.25) is 0 Å². The van der Waals surface area contributed by atoms with Crippen molar-refractivity contribution in [1.29, 1.82) is 0 Å². The van der Waals surface area contributed by atoms with Crippen LogP contribution in [0.2, 0.25) is 0 Å². The Kier molecular flexibility index (Phi) is 3.42. The maximum absolute atomic E-state index is 10.4. The fourth-order valence-corrected chi connectivity index (χ4v) is 5.06. The van der Waals surface area contributed by atoms with Crippen LogP contribution in [0.15, 0.2) is 66.7 Å². The topological polar surface area (TPSA) is 49.7 Å². The van der Waals surface area contributed by atoms with Crippen molar-refractivity contribution in [2.24, 2.45) is 0 Å². The van der Waals surface area contributed by atoms with Gasteiger partial charge >= 0.3 is 0 Å². The van der Waals surface area contributed by atoms with Crippen molar-refractivity contribution < 1.29 is 14.9 Å². The molecule has 0 aliphatic carbocycles. The molecule has 0 bridgehead atoms. The lowest BCUT2D eigenvalue weighted by atomic mass is 9.85. The van der Waals surface area contributed by atoms with Crippen molar-refractivity contribution in [3.8, 4) is 0 Å². The van der Waals surface area contributed by atoms with E-state index in [1.54, 1.807) is 0 Å². The minimum Gasteiger partial charge on any atom is -0.394 e. The molecule has 5 aromatic carbocycles. The maximum atomic E-state index is 10.4. The molecule has 0 amide bonds. The Morgan fingerprint density at radius 1 is 0.750 bits per heavy atom. The van der Waals surface area contributed by atoms with Crippen LogP contribution in [0.5, 0.6) is 0 Å². The molecular formula is C25H20O3. The second-order valence-electron chi connectivity index (χ2n) is 7.79. The monoisotopic (exact) mass is 368 g/mol. The molecule has 0 spiro atoms. The molecule has 3 nitrogen and oxygen atoms in total. The van der Waals surface area contributed by atoms with Gasteiger partial charge in [-0.25, -0.2) is 0 Å². The zero-order chi connectivity index (χ0) is 18.8. The van der Waals surface area contributed by atoms with E-state index in [1.165, 1.54) is 37.7 Å². The fraction of sp³-hybridized carbons (Fsp3) is 0.200. The van der Waals surface area contributed by atoms with E-state index in [0.717, 1.165) is 10.9 Å². The van der Waals surface area contributed by atoms with Gasteiger partial charge in [0.15, 0.2) is 0 Å². The molecule has 1 saturated heterocycles. The van der Waals surface area contributed by atoms with Gasteiger partial charge in [0.25, 0.3) is 0 Å². The van der Waals surface area contributed by atoms with E-state index in [1.807, 2.05) is 0 Å². The van der Waals surface area contributed by atoms with Crippen molar-refractivity contribution in [3.63, 3.8) is 0 Å². The highest BCUT2D eigenvalue weighted by molar-refractivity contribution is 6.30. The lowest BCUT2D eigenvalue weighted by Crippen LogP contribution is -2.24. The summed E-state index contributed by atoms with van der Waals surface area (Å²) in [5.74, 6) is 0. The van der Waals surface area contributed by atoms with Gasteiger partial charge in [-0.1, -0.05) is 66.7 Å². The molecule has 1 aliphatic rings. The molecule has 0 aromatic heterocycles. The molecule has 3 atom stereocenters. The third kappa shape index (κ3) is 2.09. The SMILES string of the molecule is OC[C@H]1OC(c2c3ccccc3c3ccc4cccc5ccc2c3c54)C[C@@H]1O. The third-order valence-electron chi connectivity index (χ3n) is 6.30. The molecular weight excluding hydrogens is 348 g/mol. The first-order chi connectivity index (χ1) is 13.8. The second-order valence-corrected chi connectivity index (χ2v) is 7.79. The summed E-state index contributed by atoms with van der Waals surface area (Å²) >= 11 is 0. The summed E-state index contributed by atoms with van der Waals surface area (Å²) in [5.41, 5.74) is 1.12. The maximum Gasteiger partial charge on any atom is 0.107 e. The van der Waals surface area contributed by atoms with Crippen molar-refractivity contribution in [1.82, 2.24) is 0 Å². The van der Waals surface area contributed by atoms with E-state index in [0.29, 0.717) is 6.42 Å². The largest absolute Gasteiger partial charge is 0.394 e. The Labute approximate surface area is 162 Å².